The molecule has 2 N–H and O–H groups in total. The summed E-state index contributed by atoms with van der Waals surface area (Å²) in [7, 11) is 0. The monoisotopic (exact) mass is 341 g/mol. The van der Waals surface area contributed by atoms with Crippen LogP contribution in [0.15, 0.2) is 60.7 Å². The lowest BCUT2D eigenvalue weighted by Crippen LogP contribution is -2.58. The molecule has 3 rings (SSSR count). The van der Waals surface area contributed by atoms with Gasteiger partial charge in [0.15, 0.2) is 0 Å². The van der Waals surface area contributed by atoms with Crippen LogP contribution >= 0.6 is 0 Å². The summed E-state index contributed by atoms with van der Waals surface area (Å²) in [5.41, 5.74) is 2.32. The van der Waals surface area contributed by atoms with Gasteiger partial charge in [0.1, 0.15) is 0 Å². The Morgan fingerprint density at radius 2 is 1.60 bits per heavy atom. The van der Waals surface area contributed by atoms with Crippen molar-refractivity contribution in [3.63, 3.8) is 0 Å². The lowest BCUT2D eigenvalue weighted by molar-refractivity contribution is -0.121. The third-order valence-electron chi connectivity index (χ3n) is 5.00. The van der Waals surface area contributed by atoms with Gasteiger partial charge in [-0.05, 0) is 24.5 Å². The highest BCUT2D eigenvalue weighted by atomic mass is 16.5. The molecule has 25 heavy (non-hydrogen) atoms. The summed E-state index contributed by atoms with van der Waals surface area (Å²) >= 11 is 0. The van der Waals surface area contributed by atoms with Gasteiger partial charge in [0.05, 0.1) is 30.9 Å². The molecular formula is C21H27NO3. The number of aliphatic hydroxyl groups is 2. The molecule has 0 aromatic heterocycles. The van der Waals surface area contributed by atoms with Gasteiger partial charge in [-0.2, -0.15) is 0 Å². The number of ether oxygens (including phenoxy) is 1. The number of piperidine rings is 1. The number of benzene rings is 2. The second-order valence-electron chi connectivity index (χ2n) is 6.48. The fourth-order valence-corrected chi connectivity index (χ4v) is 3.83. The van der Waals surface area contributed by atoms with Crippen LogP contribution in [0.5, 0.6) is 0 Å². The number of aliphatic hydroxyl groups excluding tert-OH is 2. The van der Waals surface area contributed by atoms with E-state index >= 15 is 0 Å². The number of nitrogens with zero attached hydrogens (tertiary/aromatic N) is 1. The summed E-state index contributed by atoms with van der Waals surface area (Å²) < 4.78 is 5.68. The summed E-state index contributed by atoms with van der Waals surface area (Å²) in [6, 6.07) is 20.2. The van der Waals surface area contributed by atoms with Gasteiger partial charge in [-0.1, -0.05) is 60.7 Å². The molecule has 1 fully saturated rings. The fourth-order valence-electron chi connectivity index (χ4n) is 3.83. The van der Waals surface area contributed by atoms with Crippen LogP contribution in [0.3, 0.4) is 0 Å². The lowest BCUT2D eigenvalue weighted by Gasteiger charge is -2.46. The predicted octanol–water partition coefficient (Wildman–Crippen LogP) is 2.61. The fraction of sp³-hybridized carbons (Fsp3) is 0.429. The third kappa shape index (κ3) is 3.93. The Labute approximate surface area is 149 Å². The number of likely N-dealkylation sites (tertiary alicyclic amines) is 1. The minimum atomic E-state index is -0.700. The molecule has 3 unspecified atom stereocenters. The first-order chi connectivity index (χ1) is 12.3. The van der Waals surface area contributed by atoms with E-state index in [0.717, 1.165) is 24.1 Å². The van der Waals surface area contributed by atoms with E-state index in [4.69, 9.17) is 4.74 Å². The Morgan fingerprint density at radius 1 is 1.04 bits per heavy atom. The molecule has 2 aromatic carbocycles. The molecule has 4 nitrogen and oxygen atoms in total. The van der Waals surface area contributed by atoms with Crippen LogP contribution < -0.4 is 0 Å². The summed E-state index contributed by atoms with van der Waals surface area (Å²) in [6.07, 6.45) is -0.166. The summed E-state index contributed by atoms with van der Waals surface area (Å²) in [5.74, 6) is 0. The average molecular weight is 341 g/mol. The molecule has 0 aliphatic carbocycles. The van der Waals surface area contributed by atoms with Crippen molar-refractivity contribution < 1.29 is 14.9 Å². The lowest BCUT2D eigenvalue weighted by atomic mass is 9.89. The zero-order valence-electron chi connectivity index (χ0n) is 14.7. The largest absolute Gasteiger partial charge is 0.395 e. The maximum atomic E-state index is 10.7. The SMILES string of the molecule is CCOC1CCN(C(c2ccccc2)c2ccccc2)C(CO)C1O. The van der Waals surface area contributed by atoms with E-state index in [9.17, 15) is 10.2 Å². The Kier molecular flexibility index (Phi) is 6.21. The molecule has 1 aliphatic heterocycles. The first-order valence-corrected chi connectivity index (χ1v) is 9.02. The average Bonchev–Trinajstić information content (AvgIpc) is 2.66. The van der Waals surface area contributed by atoms with Gasteiger partial charge >= 0.3 is 0 Å². The van der Waals surface area contributed by atoms with E-state index in [1.165, 1.54) is 0 Å². The molecule has 2 aromatic rings. The Morgan fingerprint density at radius 3 is 2.08 bits per heavy atom. The summed E-state index contributed by atoms with van der Waals surface area (Å²) in [4.78, 5) is 2.21. The van der Waals surface area contributed by atoms with Crippen LogP contribution in [-0.2, 0) is 4.74 Å². The molecular weight excluding hydrogens is 314 g/mol. The minimum Gasteiger partial charge on any atom is -0.395 e. The number of hydrogen-bond acceptors (Lipinski definition) is 4. The van der Waals surface area contributed by atoms with Crippen molar-refractivity contribution in [2.75, 3.05) is 19.8 Å². The molecule has 0 saturated carbocycles. The van der Waals surface area contributed by atoms with Gasteiger partial charge in [0.25, 0.3) is 0 Å². The second-order valence-corrected chi connectivity index (χ2v) is 6.48. The highest BCUT2D eigenvalue weighted by molar-refractivity contribution is 5.32. The number of hydrogen-bond donors (Lipinski definition) is 2. The Balaban J connectivity index is 1.96. The molecule has 0 radical (unpaired) electrons. The standard InChI is InChI=1S/C21H27NO3/c1-2-25-19-13-14-22(18(15-23)21(19)24)20(16-9-5-3-6-10-16)17-11-7-4-8-12-17/h3-12,18-21,23-24H,2,13-15H2,1H3. The van der Waals surface area contributed by atoms with E-state index in [1.807, 2.05) is 43.3 Å². The highest BCUT2D eigenvalue weighted by Gasteiger charge is 2.40. The van der Waals surface area contributed by atoms with Crippen molar-refractivity contribution in [1.29, 1.82) is 0 Å². The smallest absolute Gasteiger partial charge is 0.0979 e. The van der Waals surface area contributed by atoms with Crippen LogP contribution in [0.4, 0.5) is 0 Å². The Bertz CT molecular complexity index is 595. The van der Waals surface area contributed by atoms with Crippen molar-refractivity contribution in [3.8, 4) is 0 Å². The van der Waals surface area contributed by atoms with E-state index in [1.54, 1.807) is 0 Å². The summed E-state index contributed by atoms with van der Waals surface area (Å²) in [5, 5.41) is 20.7. The van der Waals surface area contributed by atoms with Crippen LogP contribution in [-0.4, -0.2) is 53.1 Å². The molecule has 1 heterocycles. The molecule has 1 aliphatic rings. The maximum absolute atomic E-state index is 10.7. The first kappa shape index (κ1) is 18.1. The zero-order chi connectivity index (χ0) is 17.6. The van der Waals surface area contributed by atoms with Gasteiger partial charge in [-0.3, -0.25) is 4.90 Å². The topological polar surface area (TPSA) is 52.9 Å². The van der Waals surface area contributed by atoms with Gasteiger partial charge in [0.2, 0.25) is 0 Å². The van der Waals surface area contributed by atoms with Gasteiger partial charge in [0, 0.05) is 13.2 Å². The Hall–Kier alpha value is -1.72. The van der Waals surface area contributed by atoms with Crippen LogP contribution in [0.1, 0.15) is 30.5 Å². The predicted molar refractivity (Wildman–Crippen MR) is 98.3 cm³/mol. The molecule has 4 heteroatoms. The highest BCUT2D eigenvalue weighted by Crippen LogP contribution is 2.34. The second kappa shape index (κ2) is 8.59. The molecule has 0 amide bonds. The van der Waals surface area contributed by atoms with Gasteiger partial charge in [-0.25, -0.2) is 0 Å². The normalized spacial score (nSPS) is 24.6. The van der Waals surface area contributed by atoms with E-state index in [0.29, 0.717) is 6.61 Å². The quantitative estimate of drug-likeness (QED) is 0.848. The number of rotatable bonds is 6. The molecule has 0 bridgehead atoms. The first-order valence-electron chi connectivity index (χ1n) is 9.02. The van der Waals surface area contributed by atoms with Crippen molar-refractivity contribution in [3.05, 3.63) is 71.8 Å². The van der Waals surface area contributed by atoms with Crippen LogP contribution in [0, 0.1) is 0 Å². The van der Waals surface area contributed by atoms with E-state index in [2.05, 4.69) is 29.2 Å². The maximum Gasteiger partial charge on any atom is 0.0979 e. The summed E-state index contributed by atoms with van der Waals surface area (Å²) in [6.45, 7) is 3.17. The van der Waals surface area contributed by atoms with Gasteiger partial charge in [-0.15, -0.1) is 0 Å². The molecule has 1 saturated heterocycles. The van der Waals surface area contributed by atoms with Crippen LogP contribution in [0.2, 0.25) is 0 Å². The van der Waals surface area contributed by atoms with Crippen LogP contribution in [0.25, 0.3) is 0 Å². The third-order valence-corrected chi connectivity index (χ3v) is 5.00. The van der Waals surface area contributed by atoms with E-state index in [-0.39, 0.29) is 24.8 Å². The minimum absolute atomic E-state index is 0.00298. The van der Waals surface area contributed by atoms with Crippen molar-refractivity contribution in [2.45, 2.75) is 37.6 Å². The van der Waals surface area contributed by atoms with Crippen molar-refractivity contribution in [1.82, 2.24) is 4.90 Å². The van der Waals surface area contributed by atoms with Crippen molar-refractivity contribution >= 4 is 0 Å². The molecule has 134 valence electrons. The molecule has 0 spiro atoms. The molecule has 3 atom stereocenters. The van der Waals surface area contributed by atoms with Crippen molar-refractivity contribution in [2.24, 2.45) is 0 Å². The van der Waals surface area contributed by atoms with E-state index < -0.39 is 6.10 Å². The zero-order valence-corrected chi connectivity index (χ0v) is 14.7. The van der Waals surface area contributed by atoms with Gasteiger partial charge < -0.3 is 14.9 Å².